The van der Waals surface area contributed by atoms with Crippen LogP contribution in [0.4, 0.5) is 0 Å². The molecule has 3 aliphatic heterocycles. The molecule has 2 N–H and O–H groups in total. The van der Waals surface area contributed by atoms with Gasteiger partial charge in [-0.1, -0.05) is 23.7 Å². The second-order valence-corrected chi connectivity index (χ2v) is 7.96. The number of nitrogens with zero attached hydrogens (tertiary/aromatic N) is 1. The summed E-state index contributed by atoms with van der Waals surface area (Å²) >= 11 is 6.15. The van der Waals surface area contributed by atoms with Crippen molar-refractivity contribution in [1.82, 2.24) is 15.5 Å². The van der Waals surface area contributed by atoms with Gasteiger partial charge in [-0.2, -0.15) is 0 Å². The standard InChI is InChI=1S/C19H26ClN3O/c20-18-6-2-1-5-17(18)19(24)22-15-4-3-9-23(12-15)16-10-13-7-8-14(11-16)21-13/h1-2,5-6,13-16,21H,3-4,7-12H2,(H,22,24)/t13?,14?,15-,16?/m1/s1. The molecule has 130 valence electrons. The van der Waals surface area contributed by atoms with Gasteiger partial charge in [-0.3, -0.25) is 9.69 Å². The van der Waals surface area contributed by atoms with Crippen molar-refractivity contribution in [2.45, 2.75) is 62.7 Å². The van der Waals surface area contributed by atoms with Gasteiger partial charge in [0.25, 0.3) is 5.91 Å². The molecule has 0 aliphatic carbocycles. The van der Waals surface area contributed by atoms with Gasteiger partial charge in [0.2, 0.25) is 0 Å². The lowest BCUT2D eigenvalue weighted by atomic mass is 9.94. The van der Waals surface area contributed by atoms with Crippen molar-refractivity contribution in [3.05, 3.63) is 34.9 Å². The van der Waals surface area contributed by atoms with Crippen LogP contribution in [0.2, 0.25) is 5.02 Å². The second kappa shape index (κ2) is 7.03. The fourth-order valence-electron chi connectivity index (χ4n) is 4.69. The van der Waals surface area contributed by atoms with E-state index in [1.165, 1.54) is 32.2 Å². The van der Waals surface area contributed by atoms with E-state index in [1.54, 1.807) is 12.1 Å². The monoisotopic (exact) mass is 347 g/mol. The molecule has 1 amide bonds. The van der Waals surface area contributed by atoms with Gasteiger partial charge in [0.15, 0.2) is 0 Å². The molecule has 1 aromatic carbocycles. The number of carbonyl (C=O) groups is 1. The molecule has 2 unspecified atom stereocenters. The lowest BCUT2D eigenvalue weighted by molar-refractivity contribution is 0.0810. The highest BCUT2D eigenvalue weighted by Gasteiger charge is 2.37. The summed E-state index contributed by atoms with van der Waals surface area (Å²) in [5.41, 5.74) is 0.580. The second-order valence-electron chi connectivity index (χ2n) is 7.55. The number of hydrogen-bond donors (Lipinski definition) is 2. The molecule has 3 aliphatic rings. The number of fused-ring (bicyclic) bond motifs is 2. The van der Waals surface area contributed by atoms with Crippen molar-refractivity contribution >= 4 is 17.5 Å². The van der Waals surface area contributed by atoms with E-state index in [4.69, 9.17) is 11.6 Å². The Labute approximate surface area is 148 Å². The third kappa shape index (κ3) is 3.46. The van der Waals surface area contributed by atoms with Gasteiger partial charge < -0.3 is 10.6 Å². The first-order chi connectivity index (χ1) is 11.7. The molecule has 3 heterocycles. The molecule has 0 radical (unpaired) electrons. The quantitative estimate of drug-likeness (QED) is 0.883. The number of carbonyl (C=O) groups excluding carboxylic acids is 1. The average Bonchev–Trinajstić information content (AvgIpc) is 2.93. The van der Waals surface area contributed by atoms with Crippen LogP contribution in [0.25, 0.3) is 0 Å². The van der Waals surface area contributed by atoms with Crippen LogP contribution in [0.3, 0.4) is 0 Å². The predicted octanol–water partition coefficient (Wildman–Crippen LogP) is 2.82. The summed E-state index contributed by atoms with van der Waals surface area (Å²) in [6.45, 7) is 2.14. The number of rotatable bonds is 3. The highest BCUT2D eigenvalue weighted by atomic mass is 35.5. The molecule has 3 fully saturated rings. The number of amides is 1. The van der Waals surface area contributed by atoms with Gasteiger partial charge in [-0.15, -0.1) is 0 Å². The summed E-state index contributed by atoms with van der Waals surface area (Å²) in [6.07, 6.45) is 7.42. The molecule has 0 saturated carbocycles. The van der Waals surface area contributed by atoms with Crippen LogP contribution in [0, 0.1) is 0 Å². The Balaban J connectivity index is 1.37. The first kappa shape index (κ1) is 16.4. The van der Waals surface area contributed by atoms with E-state index >= 15 is 0 Å². The third-order valence-corrected chi connectivity index (χ3v) is 6.20. The minimum absolute atomic E-state index is 0.0437. The fraction of sp³-hybridized carbons (Fsp3) is 0.632. The minimum atomic E-state index is -0.0437. The van der Waals surface area contributed by atoms with Crippen molar-refractivity contribution in [2.24, 2.45) is 0 Å². The Bertz CT molecular complexity index is 596. The van der Waals surface area contributed by atoms with Gasteiger partial charge in [0.05, 0.1) is 10.6 Å². The molecule has 3 atom stereocenters. The van der Waals surface area contributed by atoms with Crippen molar-refractivity contribution in [1.29, 1.82) is 0 Å². The molecule has 5 heteroatoms. The molecular formula is C19H26ClN3O. The number of piperidine rings is 2. The SMILES string of the molecule is O=C(N[C@@H]1CCCN(C2CC3CCC(C2)N3)C1)c1ccccc1Cl. The van der Waals surface area contributed by atoms with E-state index in [1.807, 2.05) is 12.1 Å². The van der Waals surface area contributed by atoms with Crippen molar-refractivity contribution < 1.29 is 4.79 Å². The Morgan fingerprint density at radius 1 is 1.17 bits per heavy atom. The largest absolute Gasteiger partial charge is 0.348 e. The van der Waals surface area contributed by atoms with Gasteiger partial charge in [0.1, 0.15) is 0 Å². The summed E-state index contributed by atoms with van der Waals surface area (Å²) in [5.74, 6) is -0.0437. The van der Waals surface area contributed by atoms with Crippen molar-refractivity contribution in [3.8, 4) is 0 Å². The molecular weight excluding hydrogens is 322 g/mol. The van der Waals surface area contributed by atoms with Crippen molar-refractivity contribution in [3.63, 3.8) is 0 Å². The van der Waals surface area contributed by atoms with E-state index in [0.29, 0.717) is 28.7 Å². The maximum absolute atomic E-state index is 12.5. The molecule has 2 bridgehead atoms. The minimum Gasteiger partial charge on any atom is -0.348 e. The Hall–Kier alpha value is -1.10. The number of hydrogen-bond acceptors (Lipinski definition) is 3. The number of benzene rings is 1. The van der Waals surface area contributed by atoms with Gasteiger partial charge in [0, 0.05) is 30.7 Å². The summed E-state index contributed by atoms with van der Waals surface area (Å²) in [7, 11) is 0. The Morgan fingerprint density at radius 3 is 2.67 bits per heavy atom. The number of nitrogens with one attached hydrogen (secondary N) is 2. The van der Waals surface area contributed by atoms with Gasteiger partial charge in [-0.25, -0.2) is 0 Å². The highest BCUT2D eigenvalue weighted by Crippen LogP contribution is 2.31. The summed E-state index contributed by atoms with van der Waals surface area (Å²) < 4.78 is 0. The smallest absolute Gasteiger partial charge is 0.253 e. The topological polar surface area (TPSA) is 44.4 Å². The first-order valence-corrected chi connectivity index (χ1v) is 9.62. The maximum atomic E-state index is 12.5. The third-order valence-electron chi connectivity index (χ3n) is 5.87. The zero-order valence-corrected chi connectivity index (χ0v) is 14.8. The van der Waals surface area contributed by atoms with E-state index in [2.05, 4.69) is 15.5 Å². The van der Waals surface area contributed by atoms with Gasteiger partial charge in [-0.05, 0) is 57.2 Å². The summed E-state index contributed by atoms with van der Waals surface area (Å²) in [6, 6.07) is 9.63. The van der Waals surface area contributed by atoms with Crippen LogP contribution in [0.15, 0.2) is 24.3 Å². The average molecular weight is 348 g/mol. The Morgan fingerprint density at radius 2 is 1.92 bits per heavy atom. The molecule has 3 saturated heterocycles. The Kier molecular flexibility index (Phi) is 4.79. The zero-order chi connectivity index (χ0) is 16.5. The highest BCUT2D eigenvalue weighted by molar-refractivity contribution is 6.33. The summed E-state index contributed by atoms with van der Waals surface area (Å²) in [4.78, 5) is 15.1. The number of halogens is 1. The van der Waals surface area contributed by atoms with E-state index in [0.717, 1.165) is 19.4 Å². The van der Waals surface area contributed by atoms with Crippen LogP contribution >= 0.6 is 11.6 Å². The van der Waals surface area contributed by atoms with E-state index < -0.39 is 0 Å². The number of likely N-dealkylation sites (tertiary alicyclic amines) is 1. The fourth-order valence-corrected chi connectivity index (χ4v) is 4.91. The summed E-state index contributed by atoms with van der Waals surface area (Å²) in [5, 5.41) is 7.45. The van der Waals surface area contributed by atoms with Crippen LogP contribution in [-0.2, 0) is 0 Å². The molecule has 24 heavy (non-hydrogen) atoms. The molecule has 1 aromatic rings. The maximum Gasteiger partial charge on any atom is 0.253 e. The van der Waals surface area contributed by atoms with Gasteiger partial charge >= 0.3 is 0 Å². The zero-order valence-electron chi connectivity index (χ0n) is 14.0. The van der Waals surface area contributed by atoms with E-state index in [9.17, 15) is 4.79 Å². The molecule has 0 aromatic heterocycles. The van der Waals surface area contributed by atoms with Crippen LogP contribution < -0.4 is 10.6 Å². The molecule has 0 spiro atoms. The molecule has 4 nitrogen and oxygen atoms in total. The van der Waals surface area contributed by atoms with Crippen molar-refractivity contribution in [2.75, 3.05) is 13.1 Å². The molecule has 4 rings (SSSR count). The van der Waals surface area contributed by atoms with E-state index in [-0.39, 0.29) is 11.9 Å². The van der Waals surface area contributed by atoms with Crippen LogP contribution in [-0.4, -0.2) is 48.1 Å². The predicted molar refractivity (Wildman–Crippen MR) is 96.5 cm³/mol. The first-order valence-electron chi connectivity index (χ1n) is 9.24. The van der Waals surface area contributed by atoms with Crippen LogP contribution in [0.1, 0.15) is 48.9 Å². The normalized spacial score (nSPS) is 33.4. The van der Waals surface area contributed by atoms with Crippen LogP contribution in [0.5, 0.6) is 0 Å². The lowest BCUT2D eigenvalue weighted by Crippen LogP contribution is -2.55. The lowest BCUT2D eigenvalue weighted by Gasteiger charge is -2.42.